The van der Waals surface area contributed by atoms with Gasteiger partial charge in [-0.1, -0.05) is 6.07 Å². The van der Waals surface area contributed by atoms with E-state index in [2.05, 4.69) is 10.1 Å². The highest BCUT2D eigenvalue weighted by Gasteiger charge is 2.17. The third-order valence-electron chi connectivity index (χ3n) is 4.40. The average molecular weight is 431 g/mol. The molecule has 0 saturated carbocycles. The molecule has 168 valence electrons. The molecule has 0 aliphatic rings. The largest absolute Gasteiger partial charge is 0.493 e. The van der Waals surface area contributed by atoms with Gasteiger partial charge in [0.15, 0.2) is 29.6 Å². The number of hydrogen-bond donors (Lipinski definition) is 1. The molecule has 0 aliphatic heterocycles. The van der Waals surface area contributed by atoms with Crippen LogP contribution in [0, 0.1) is 0 Å². The van der Waals surface area contributed by atoms with Gasteiger partial charge in [0.1, 0.15) is 0 Å². The smallest absolute Gasteiger partial charge is 0.343 e. The Bertz CT molecular complexity index is 911. The number of carbonyl (C=O) groups excluding carboxylic acids is 2. The summed E-state index contributed by atoms with van der Waals surface area (Å²) in [6.45, 7) is 5.50. The van der Waals surface area contributed by atoms with Crippen LogP contribution in [0.4, 0.5) is 0 Å². The van der Waals surface area contributed by atoms with E-state index in [1.807, 2.05) is 39.0 Å². The molecular weight excluding hydrogens is 402 g/mol. The summed E-state index contributed by atoms with van der Waals surface area (Å²) in [6.07, 6.45) is 0.0198. The normalized spacial score (nSPS) is 11.5. The molecule has 0 bridgehead atoms. The van der Waals surface area contributed by atoms with Crippen LogP contribution < -0.4 is 24.3 Å². The molecule has 0 saturated heterocycles. The van der Waals surface area contributed by atoms with E-state index < -0.39 is 5.97 Å². The minimum Gasteiger partial charge on any atom is -0.493 e. The van der Waals surface area contributed by atoms with E-state index in [9.17, 15) is 9.59 Å². The van der Waals surface area contributed by atoms with Gasteiger partial charge >= 0.3 is 5.97 Å². The zero-order valence-electron chi connectivity index (χ0n) is 18.7. The molecule has 1 unspecified atom stereocenters. The second-order valence-electron chi connectivity index (χ2n) is 7.00. The highest BCUT2D eigenvalue weighted by atomic mass is 16.6. The summed E-state index contributed by atoms with van der Waals surface area (Å²) in [5.41, 5.74) is 1.26. The summed E-state index contributed by atoms with van der Waals surface area (Å²) >= 11 is 0. The fourth-order valence-corrected chi connectivity index (χ4v) is 2.79. The second-order valence-corrected chi connectivity index (χ2v) is 7.00. The van der Waals surface area contributed by atoms with Crippen LogP contribution in [0.2, 0.25) is 0 Å². The maximum Gasteiger partial charge on any atom is 0.343 e. The Kier molecular flexibility index (Phi) is 8.54. The first-order valence-electron chi connectivity index (χ1n) is 9.82. The van der Waals surface area contributed by atoms with Crippen LogP contribution >= 0.6 is 0 Å². The Morgan fingerprint density at radius 3 is 2.13 bits per heavy atom. The maximum absolute atomic E-state index is 12.7. The van der Waals surface area contributed by atoms with Crippen LogP contribution in [0.1, 0.15) is 42.7 Å². The maximum atomic E-state index is 12.7. The number of hydrogen-bond acceptors (Lipinski definition) is 7. The summed E-state index contributed by atoms with van der Waals surface area (Å²) in [5.74, 6) is 1.11. The van der Waals surface area contributed by atoms with Crippen LogP contribution in [0.3, 0.4) is 0 Å². The van der Waals surface area contributed by atoms with E-state index in [-0.39, 0.29) is 24.7 Å². The van der Waals surface area contributed by atoms with E-state index in [0.29, 0.717) is 28.6 Å². The lowest BCUT2D eigenvalue weighted by Crippen LogP contribution is -2.26. The highest BCUT2D eigenvalue weighted by Crippen LogP contribution is 2.32. The van der Waals surface area contributed by atoms with Gasteiger partial charge in [-0.05, 0) is 56.7 Å². The first-order chi connectivity index (χ1) is 14.8. The van der Waals surface area contributed by atoms with Crippen LogP contribution in [-0.4, -0.2) is 45.9 Å². The second kappa shape index (κ2) is 11.1. The van der Waals surface area contributed by atoms with Crippen molar-refractivity contribution >= 4 is 11.9 Å². The molecule has 8 nitrogen and oxygen atoms in total. The van der Waals surface area contributed by atoms with Gasteiger partial charge in [-0.25, -0.2) is 4.79 Å². The van der Waals surface area contributed by atoms with Crippen molar-refractivity contribution in [3.8, 4) is 23.0 Å². The Morgan fingerprint density at radius 1 is 0.871 bits per heavy atom. The Morgan fingerprint density at radius 2 is 1.52 bits per heavy atom. The summed E-state index contributed by atoms with van der Waals surface area (Å²) < 4.78 is 26.4. The molecule has 1 N–H and O–H groups in total. The third-order valence-corrected chi connectivity index (χ3v) is 4.40. The van der Waals surface area contributed by atoms with Gasteiger partial charge in [-0.3, -0.25) is 4.79 Å². The van der Waals surface area contributed by atoms with Crippen molar-refractivity contribution in [1.82, 2.24) is 5.32 Å². The summed E-state index contributed by atoms with van der Waals surface area (Å²) in [5, 5.41) is 2.95. The lowest BCUT2D eigenvalue weighted by atomic mass is 10.1. The van der Waals surface area contributed by atoms with Gasteiger partial charge in [0.05, 0.1) is 33.5 Å². The number of carbonyl (C=O) groups is 2. The molecule has 0 radical (unpaired) electrons. The highest BCUT2D eigenvalue weighted by molar-refractivity contribution is 5.95. The van der Waals surface area contributed by atoms with Gasteiger partial charge in [-0.15, -0.1) is 0 Å². The van der Waals surface area contributed by atoms with E-state index >= 15 is 0 Å². The minimum absolute atomic E-state index is 0.0198. The number of methoxy groups -OCH3 is 3. The van der Waals surface area contributed by atoms with Crippen LogP contribution in [0.25, 0.3) is 0 Å². The quantitative estimate of drug-likeness (QED) is 0.575. The molecular formula is C23H29NO7. The first kappa shape index (κ1) is 23.9. The minimum atomic E-state index is -0.516. The van der Waals surface area contributed by atoms with Crippen LogP contribution in [-0.2, 0) is 9.53 Å². The monoisotopic (exact) mass is 431 g/mol. The molecule has 2 aromatic rings. The average Bonchev–Trinajstić information content (AvgIpc) is 2.76. The zero-order valence-corrected chi connectivity index (χ0v) is 18.7. The molecule has 1 atom stereocenters. The fourth-order valence-electron chi connectivity index (χ4n) is 2.79. The molecule has 0 aromatic heterocycles. The van der Waals surface area contributed by atoms with E-state index in [4.69, 9.17) is 18.9 Å². The van der Waals surface area contributed by atoms with Gasteiger partial charge < -0.3 is 29.0 Å². The molecule has 0 fully saturated rings. The van der Waals surface area contributed by atoms with Crippen molar-refractivity contribution in [2.24, 2.45) is 0 Å². The number of ether oxygens (including phenoxy) is 5. The predicted octanol–water partition coefficient (Wildman–Crippen LogP) is 3.53. The lowest BCUT2D eigenvalue weighted by Gasteiger charge is -2.18. The number of esters is 1. The molecule has 0 spiro atoms. The van der Waals surface area contributed by atoms with Crippen molar-refractivity contribution in [1.29, 1.82) is 0 Å². The Hall–Kier alpha value is -3.42. The van der Waals surface area contributed by atoms with Crippen molar-refractivity contribution in [2.45, 2.75) is 32.9 Å². The van der Waals surface area contributed by atoms with Crippen molar-refractivity contribution in [3.05, 3.63) is 47.5 Å². The van der Waals surface area contributed by atoms with E-state index in [1.54, 1.807) is 25.3 Å². The molecule has 2 aromatic carbocycles. The molecule has 0 aliphatic carbocycles. The van der Waals surface area contributed by atoms with Gasteiger partial charge in [0.25, 0.3) is 5.91 Å². The van der Waals surface area contributed by atoms with Gasteiger partial charge in [0, 0.05) is 5.56 Å². The van der Waals surface area contributed by atoms with Crippen molar-refractivity contribution in [2.75, 3.05) is 27.9 Å². The summed E-state index contributed by atoms with van der Waals surface area (Å²) in [6, 6.07) is 9.99. The fraction of sp³-hybridized carbons (Fsp3) is 0.391. The standard InChI is InChI=1S/C23H29NO7/c1-14(2)31-19-10-7-16(11-21(19)28-5)15(3)24-23(26)17-8-9-18(20(12-17)27-4)30-13-22(25)29-6/h7-12,14-15H,13H2,1-6H3,(H,24,26). The molecule has 2 rings (SSSR count). The zero-order chi connectivity index (χ0) is 23.0. The van der Waals surface area contributed by atoms with Crippen molar-refractivity contribution in [3.63, 3.8) is 0 Å². The predicted molar refractivity (Wildman–Crippen MR) is 115 cm³/mol. The summed E-state index contributed by atoms with van der Waals surface area (Å²) in [7, 11) is 4.31. The number of rotatable bonds is 10. The SMILES string of the molecule is COC(=O)COc1ccc(C(=O)NC(C)c2ccc(OC(C)C)c(OC)c2)cc1OC. The topological polar surface area (TPSA) is 92.3 Å². The number of nitrogens with one attached hydrogen (secondary N) is 1. The number of amides is 1. The molecule has 0 heterocycles. The van der Waals surface area contributed by atoms with E-state index in [1.165, 1.54) is 14.2 Å². The van der Waals surface area contributed by atoms with Gasteiger partial charge in [-0.2, -0.15) is 0 Å². The third kappa shape index (κ3) is 6.53. The first-order valence-corrected chi connectivity index (χ1v) is 9.82. The Labute approximate surface area is 182 Å². The van der Waals surface area contributed by atoms with Crippen molar-refractivity contribution < 1.29 is 33.3 Å². The number of benzene rings is 2. The summed E-state index contributed by atoms with van der Waals surface area (Å²) in [4.78, 5) is 24.0. The molecule has 8 heteroatoms. The van der Waals surface area contributed by atoms with Gasteiger partial charge in [0.2, 0.25) is 0 Å². The lowest BCUT2D eigenvalue weighted by molar-refractivity contribution is -0.142. The molecule has 31 heavy (non-hydrogen) atoms. The Balaban J connectivity index is 2.12. The van der Waals surface area contributed by atoms with Crippen LogP contribution in [0.15, 0.2) is 36.4 Å². The van der Waals surface area contributed by atoms with E-state index in [0.717, 1.165) is 5.56 Å². The van der Waals surface area contributed by atoms with Crippen LogP contribution in [0.5, 0.6) is 23.0 Å². The molecule has 1 amide bonds.